The number of benzene rings is 2. The van der Waals surface area contributed by atoms with Crippen LogP contribution < -0.4 is 25.0 Å². The zero-order valence-corrected chi connectivity index (χ0v) is 25.8. The molecule has 0 bridgehead atoms. The first kappa shape index (κ1) is 31.6. The summed E-state index contributed by atoms with van der Waals surface area (Å²) < 4.78 is 21.9. The molecule has 0 spiro atoms. The Bertz CT molecular complexity index is 1480. The van der Waals surface area contributed by atoms with Gasteiger partial charge in [-0.15, -0.1) is 11.3 Å². The van der Waals surface area contributed by atoms with Gasteiger partial charge in [-0.05, 0) is 99.5 Å². The van der Waals surface area contributed by atoms with Gasteiger partial charge < -0.3 is 24.3 Å². The van der Waals surface area contributed by atoms with E-state index >= 15 is 0 Å². The molecule has 2 amide bonds. The number of ether oxygens (including phenoxy) is 4. The molecule has 1 heterocycles. The summed E-state index contributed by atoms with van der Waals surface area (Å²) in [6.45, 7) is 8.21. The second kappa shape index (κ2) is 14.7. The van der Waals surface area contributed by atoms with E-state index < -0.39 is 18.0 Å². The van der Waals surface area contributed by atoms with Crippen molar-refractivity contribution in [1.29, 1.82) is 0 Å². The van der Waals surface area contributed by atoms with E-state index in [2.05, 4.69) is 22.8 Å². The van der Waals surface area contributed by atoms with E-state index in [0.29, 0.717) is 45.9 Å². The van der Waals surface area contributed by atoms with Crippen LogP contribution >= 0.6 is 11.3 Å². The molecule has 0 fully saturated rings. The number of hydrogen-bond donors (Lipinski definition) is 2. The fraction of sp³-hybridized carbons (Fsp3) is 0.375. The lowest BCUT2D eigenvalue weighted by Gasteiger charge is -2.18. The largest absolute Gasteiger partial charge is 0.493 e. The number of esters is 1. The van der Waals surface area contributed by atoms with E-state index in [9.17, 15) is 14.4 Å². The number of hydrazone groups is 1. The van der Waals surface area contributed by atoms with Crippen LogP contribution in [0.2, 0.25) is 0 Å². The predicted molar refractivity (Wildman–Crippen MR) is 166 cm³/mol. The van der Waals surface area contributed by atoms with Gasteiger partial charge in [-0.25, -0.2) is 10.2 Å². The topological polar surface area (TPSA) is 125 Å². The summed E-state index contributed by atoms with van der Waals surface area (Å²) in [5, 5.41) is 7.43. The van der Waals surface area contributed by atoms with Crippen LogP contribution in [0.25, 0.3) is 0 Å². The minimum Gasteiger partial charge on any atom is -0.493 e. The SMILES string of the molecule is CCOC(=O)c1c(NC(=O)c2ccc(O[C@@H](C)C(=O)N/N=C\c3ccc(OCC)c(OC)c3)cc2)sc2c1CC[C@@H](C)C2. The number of hydrogen-bond acceptors (Lipinski definition) is 9. The van der Waals surface area contributed by atoms with Crippen LogP contribution in [0.15, 0.2) is 47.6 Å². The zero-order valence-electron chi connectivity index (χ0n) is 25.0. The third kappa shape index (κ3) is 7.92. The summed E-state index contributed by atoms with van der Waals surface area (Å²) in [6, 6.07) is 11.8. The lowest BCUT2D eigenvalue weighted by Crippen LogP contribution is -2.33. The quantitative estimate of drug-likeness (QED) is 0.155. The Morgan fingerprint density at radius 3 is 2.56 bits per heavy atom. The highest BCUT2D eigenvalue weighted by molar-refractivity contribution is 7.17. The van der Waals surface area contributed by atoms with Crippen LogP contribution in [0, 0.1) is 5.92 Å². The predicted octanol–water partition coefficient (Wildman–Crippen LogP) is 5.63. The Labute approximate surface area is 255 Å². The molecule has 11 heteroatoms. The lowest BCUT2D eigenvalue weighted by atomic mass is 9.88. The standard InChI is InChI=1S/C32H37N3O7S/c1-6-40-25-15-9-21(17-26(25)39-5)18-33-35-29(36)20(4)42-23-12-10-22(11-13-23)30(37)34-31-28(32(38)41-7-2)24-14-8-19(3)16-27(24)43-31/h9-13,15,17-20H,6-8,14,16H2,1-5H3,(H,34,37)(H,35,36)/b33-18-/t19-,20+/m1/s1. The first-order valence-corrected chi connectivity index (χ1v) is 15.1. The van der Waals surface area contributed by atoms with Crippen molar-refractivity contribution in [2.45, 2.75) is 53.1 Å². The Hall–Kier alpha value is -4.38. The number of amides is 2. The van der Waals surface area contributed by atoms with Crippen LogP contribution in [-0.2, 0) is 22.4 Å². The van der Waals surface area contributed by atoms with E-state index in [1.807, 2.05) is 6.92 Å². The number of nitrogens with zero attached hydrogens (tertiary/aromatic N) is 1. The average molecular weight is 608 g/mol. The van der Waals surface area contributed by atoms with Crippen LogP contribution in [0.5, 0.6) is 17.2 Å². The normalized spacial score (nSPS) is 14.9. The number of rotatable bonds is 12. The molecule has 0 aliphatic heterocycles. The van der Waals surface area contributed by atoms with Crippen molar-refractivity contribution >= 4 is 40.3 Å². The van der Waals surface area contributed by atoms with Gasteiger partial charge in [0, 0.05) is 10.4 Å². The maximum absolute atomic E-state index is 13.1. The number of thiophene rings is 1. The lowest BCUT2D eigenvalue weighted by molar-refractivity contribution is -0.127. The molecular formula is C32H37N3O7S. The summed E-state index contributed by atoms with van der Waals surface area (Å²) in [4.78, 5) is 39.5. The Kier molecular flexibility index (Phi) is 10.8. The Morgan fingerprint density at radius 2 is 1.86 bits per heavy atom. The molecular weight excluding hydrogens is 570 g/mol. The van der Waals surface area contributed by atoms with Crippen molar-refractivity contribution in [3.8, 4) is 17.2 Å². The van der Waals surface area contributed by atoms with Crippen molar-refractivity contribution in [3.05, 3.63) is 69.6 Å². The molecule has 228 valence electrons. The highest BCUT2D eigenvalue weighted by Gasteiger charge is 2.29. The van der Waals surface area contributed by atoms with Crippen molar-refractivity contribution in [3.63, 3.8) is 0 Å². The van der Waals surface area contributed by atoms with Crippen molar-refractivity contribution < 1.29 is 33.3 Å². The highest BCUT2D eigenvalue weighted by Crippen LogP contribution is 2.40. The molecule has 4 rings (SSSR count). The van der Waals surface area contributed by atoms with Gasteiger partial charge >= 0.3 is 5.97 Å². The van der Waals surface area contributed by atoms with Gasteiger partial charge in [-0.3, -0.25) is 9.59 Å². The summed E-state index contributed by atoms with van der Waals surface area (Å²) >= 11 is 1.44. The van der Waals surface area contributed by atoms with Crippen LogP contribution in [0.4, 0.5) is 5.00 Å². The van der Waals surface area contributed by atoms with E-state index in [4.69, 9.17) is 18.9 Å². The van der Waals surface area contributed by atoms with E-state index in [1.54, 1.807) is 63.4 Å². The number of anilines is 1. The Balaban J connectivity index is 1.35. The van der Waals surface area contributed by atoms with Gasteiger partial charge in [0.25, 0.3) is 11.8 Å². The third-order valence-corrected chi connectivity index (χ3v) is 8.06. The number of methoxy groups -OCH3 is 1. The second-order valence-electron chi connectivity index (χ2n) is 10.1. The summed E-state index contributed by atoms with van der Waals surface area (Å²) in [5.41, 5.74) is 5.01. The van der Waals surface area contributed by atoms with Gasteiger partial charge in [-0.1, -0.05) is 6.92 Å². The average Bonchev–Trinajstić information content (AvgIpc) is 3.35. The molecule has 0 radical (unpaired) electrons. The summed E-state index contributed by atoms with van der Waals surface area (Å²) in [5.74, 6) is 0.911. The molecule has 2 N–H and O–H groups in total. The van der Waals surface area contributed by atoms with Gasteiger partial charge in [0.1, 0.15) is 10.8 Å². The van der Waals surface area contributed by atoms with Crippen molar-refractivity contribution in [2.75, 3.05) is 25.6 Å². The van der Waals surface area contributed by atoms with Gasteiger partial charge in [0.15, 0.2) is 17.6 Å². The van der Waals surface area contributed by atoms with Crippen LogP contribution in [0.3, 0.4) is 0 Å². The third-order valence-electron chi connectivity index (χ3n) is 6.89. The minimum absolute atomic E-state index is 0.259. The molecule has 10 nitrogen and oxygen atoms in total. The number of carbonyl (C=O) groups is 3. The molecule has 0 saturated carbocycles. The first-order valence-electron chi connectivity index (χ1n) is 14.3. The van der Waals surface area contributed by atoms with Crippen molar-refractivity contribution in [2.24, 2.45) is 11.0 Å². The Morgan fingerprint density at radius 1 is 1.09 bits per heavy atom. The summed E-state index contributed by atoms with van der Waals surface area (Å²) in [7, 11) is 1.55. The molecule has 0 saturated heterocycles. The molecule has 0 unspecified atom stereocenters. The van der Waals surface area contributed by atoms with Crippen LogP contribution in [-0.4, -0.2) is 50.4 Å². The molecule has 1 aliphatic rings. The monoisotopic (exact) mass is 607 g/mol. The fourth-order valence-corrected chi connectivity index (χ4v) is 6.07. The van der Waals surface area contributed by atoms with Crippen molar-refractivity contribution in [1.82, 2.24) is 5.43 Å². The molecule has 3 aromatic rings. The first-order chi connectivity index (χ1) is 20.7. The number of fused-ring (bicyclic) bond motifs is 1. The van der Waals surface area contributed by atoms with Gasteiger partial charge in [0.05, 0.1) is 32.1 Å². The highest BCUT2D eigenvalue weighted by atomic mass is 32.1. The smallest absolute Gasteiger partial charge is 0.341 e. The number of nitrogens with one attached hydrogen (secondary N) is 2. The van der Waals surface area contributed by atoms with Crippen LogP contribution in [0.1, 0.15) is 70.8 Å². The molecule has 1 aromatic heterocycles. The van der Waals surface area contributed by atoms with E-state index in [0.717, 1.165) is 35.3 Å². The fourth-order valence-electron chi connectivity index (χ4n) is 4.68. The molecule has 1 aliphatic carbocycles. The second-order valence-corrected chi connectivity index (χ2v) is 11.2. The molecule has 2 aromatic carbocycles. The van der Waals surface area contributed by atoms with Gasteiger partial charge in [0.2, 0.25) is 0 Å². The molecule has 43 heavy (non-hydrogen) atoms. The number of carbonyl (C=O) groups excluding carboxylic acids is 3. The minimum atomic E-state index is -0.848. The van der Waals surface area contributed by atoms with E-state index in [1.165, 1.54) is 17.6 Å². The maximum atomic E-state index is 13.1. The zero-order chi connectivity index (χ0) is 30.9. The van der Waals surface area contributed by atoms with Gasteiger partial charge in [-0.2, -0.15) is 5.10 Å². The molecule has 2 atom stereocenters. The summed E-state index contributed by atoms with van der Waals surface area (Å²) in [6.07, 6.45) is 3.30. The maximum Gasteiger partial charge on any atom is 0.341 e. The van der Waals surface area contributed by atoms with E-state index in [-0.39, 0.29) is 12.5 Å².